The Morgan fingerprint density at radius 1 is 1.60 bits per heavy atom. The van der Waals surface area contributed by atoms with Gasteiger partial charge in [0.25, 0.3) is 5.91 Å². The first kappa shape index (κ1) is 11.2. The summed E-state index contributed by atoms with van der Waals surface area (Å²) >= 11 is 0. The number of carbonyl (C=O) groups excluding carboxylic acids is 2. The largest absolute Gasteiger partial charge is 0.462 e. The summed E-state index contributed by atoms with van der Waals surface area (Å²) in [5.74, 6) is -1.02. The predicted molar refractivity (Wildman–Crippen MR) is 52.0 cm³/mol. The Bertz CT molecular complexity index is 370. The number of nitrogens with zero attached hydrogens (tertiary/aromatic N) is 2. The van der Waals surface area contributed by atoms with Gasteiger partial charge in [0.1, 0.15) is 12.2 Å². The predicted octanol–water partition coefficient (Wildman–Crippen LogP) is -0.0664. The van der Waals surface area contributed by atoms with Crippen LogP contribution in [0.25, 0.3) is 0 Å². The molecule has 0 aromatic carbocycles. The highest BCUT2D eigenvalue weighted by Crippen LogP contribution is 1.96. The highest BCUT2D eigenvalue weighted by Gasteiger charge is 2.09. The molecule has 0 saturated heterocycles. The van der Waals surface area contributed by atoms with Gasteiger partial charge in [-0.05, 0) is 19.9 Å². The van der Waals surface area contributed by atoms with E-state index in [1.165, 1.54) is 16.9 Å². The van der Waals surface area contributed by atoms with Gasteiger partial charge in [0, 0.05) is 6.20 Å². The molecule has 0 saturated carbocycles. The molecule has 1 amide bonds. The van der Waals surface area contributed by atoms with Crippen LogP contribution in [-0.2, 0) is 16.1 Å². The van der Waals surface area contributed by atoms with Crippen LogP contribution in [0.3, 0.4) is 0 Å². The van der Waals surface area contributed by atoms with Crippen molar-refractivity contribution in [2.24, 2.45) is 5.73 Å². The molecule has 0 aliphatic carbocycles. The van der Waals surface area contributed by atoms with E-state index in [1.807, 2.05) is 0 Å². The molecule has 1 rings (SSSR count). The zero-order valence-corrected chi connectivity index (χ0v) is 8.64. The maximum atomic E-state index is 11.2. The summed E-state index contributed by atoms with van der Waals surface area (Å²) in [6.07, 6.45) is 1.34. The number of rotatable bonds is 4. The molecule has 0 bridgehead atoms. The van der Waals surface area contributed by atoms with Crippen LogP contribution >= 0.6 is 0 Å². The van der Waals surface area contributed by atoms with E-state index in [-0.39, 0.29) is 18.3 Å². The van der Waals surface area contributed by atoms with Crippen molar-refractivity contribution in [2.45, 2.75) is 26.5 Å². The lowest BCUT2D eigenvalue weighted by molar-refractivity contribution is -0.148. The molecular formula is C9H13N3O3. The SMILES string of the molecule is CC(C)OC(=O)Cn1ccc(C(N)=O)n1. The van der Waals surface area contributed by atoms with Crippen LogP contribution in [0.15, 0.2) is 12.3 Å². The average molecular weight is 211 g/mol. The second-order valence-electron chi connectivity index (χ2n) is 3.30. The number of hydrogen-bond donors (Lipinski definition) is 1. The molecule has 1 aromatic heterocycles. The van der Waals surface area contributed by atoms with Crippen LogP contribution in [0.2, 0.25) is 0 Å². The molecule has 0 atom stereocenters. The lowest BCUT2D eigenvalue weighted by Crippen LogP contribution is -2.19. The number of amides is 1. The van der Waals surface area contributed by atoms with Crippen molar-refractivity contribution in [3.8, 4) is 0 Å². The highest BCUT2D eigenvalue weighted by molar-refractivity contribution is 5.90. The molecule has 0 radical (unpaired) electrons. The Labute approximate surface area is 87.0 Å². The maximum Gasteiger partial charge on any atom is 0.328 e. The van der Waals surface area contributed by atoms with Crippen molar-refractivity contribution in [3.63, 3.8) is 0 Å². The number of primary amides is 1. The molecular weight excluding hydrogens is 198 g/mol. The Hall–Kier alpha value is -1.85. The molecule has 6 heteroatoms. The van der Waals surface area contributed by atoms with Gasteiger partial charge in [-0.2, -0.15) is 5.10 Å². The van der Waals surface area contributed by atoms with Crippen LogP contribution < -0.4 is 5.73 Å². The quantitative estimate of drug-likeness (QED) is 0.706. The Morgan fingerprint density at radius 2 is 2.27 bits per heavy atom. The van der Waals surface area contributed by atoms with Gasteiger partial charge in [0.05, 0.1) is 6.10 Å². The molecule has 15 heavy (non-hydrogen) atoms. The van der Waals surface area contributed by atoms with E-state index in [4.69, 9.17) is 10.5 Å². The fourth-order valence-corrected chi connectivity index (χ4v) is 1.01. The van der Waals surface area contributed by atoms with E-state index in [1.54, 1.807) is 13.8 Å². The molecule has 6 nitrogen and oxygen atoms in total. The van der Waals surface area contributed by atoms with Gasteiger partial charge in [0.2, 0.25) is 0 Å². The molecule has 0 fully saturated rings. The lowest BCUT2D eigenvalue weighted by Gasteiger charge is -2.07. The number of carbonyl (C=O) groups is 2. The van der Waals surface area contributed by atoms with E-state index in [0.717, 1.165) is 0 Å². The van der Waals surface area contributed by atoms with Crippen molar-refractivity contribution in [3.05, 3.63) is 18.0 Å². The third-order valence-corrected chi connectivity index (χ3v) is 1.55. The van der Waals surface area contributed by atoms with Crippen molar-refractivity contribution in [1.29, 1.82) is 0 Å². The summed E-state index contributed by atoms with van der Waals surface area (Å²) in [5.41, 5.74) is 5.14. The fraction of sp³-hybridized carbons (Fsp3) is 0.444. The minimum Gasteiger partial charge on any atom is -0.462 e. The molecule has 1 heterocycles. The van der Waals surface area contributed by atoms with Gasteiger partial charge in [-0.15, -0.1) is 0 Å². The summed E-state index contributed by atoms with van der Waals surface area (Å²) in [4.78, 5) is 21.9. The third kappa shape index (κ3) is 3.41. The smallest absolute Gasteiger partial charge is 0.328 e. The van der Waals surface area contributed by atoms with Crippen molar-refractivity contribution >= 4 is 11.9 Å². The van der Waals surface area contributed by atoms with E-state index in [2.05, 4.69) is 5.10 Å². The Morgan fingerprint density at radius 3 is 2.73 bits per heavy atom. The van der Waals surface area contributed by atoms with E-state index in [9.17, 15) is 9.59 Å². The Kier molecular flexibility index (Phi) is 3.43. The average Bonchev–Trinajstić information content (AvgIpc) is 2.50. The number of nitrogens with two attached hydrogens (primary N) is 1. The number of aromatic nitrogens is 2. The lowest BCUT2D eigenvalue weighted by atomic mass is 10.4. The summed E-state index contributed by atoms with van der Waals surface area (Å²) < 4.78 is 6.22. The van der Waals surface area contributed by atoms with Gasteiger partial charge in [-0.1, -0.05) is 0 Å². The first-order valence-corrected chi connectivity index (χ1v) is 4.52. The minimum absolute atomic E-state index is 0.0224. The molecule has 0 spiro atoms. The topological polar surface area (TPSA) is 87.2 Å². The van der Waals surface area contributed by atoms with Crippen LogP contribution in [0.5, 0.6) is 0 Å². The van der Waals surface area contributed by atoms with Crippen molar-refractivity contribution in [2.75, 3.05) is 0 Å². The summed E-state index contributed by atoms with van der Waals surface area (Å²) in [6.45, 7) is 3.50. The third-order valence-electron chi connectivity index (χ3n) is 1.55. The Balaban J connectivity index is 2.57. The van der Waals surface area contributed by atoms with Crippen molar-refractivity contribution < 1.29 is 14.3 Å². The number of esters is 1. The summed E-state index contributed by atoms with van der Waals surface area (Å²) in [5, 5.41) is 3.80. The normalized spacial score (nSPS) is 10.3. The van der Waals surface area contributed by atoms with Crippen LogP contribution in [-0.4, -0.2) is 27.8 Å². The zero-order valence-electron chi connectivity index (χ0n) is 8.64. The standard InChI is InChI=1S/C9H13N3O3/c1-6(2)15-8(13)5-12-4-3-7(11-12)9(10)14/h3-4,6H,5H2,1-2H3,(H2,10,14). The van der Waals surface area contributed by atoms with E-state index in [0.29, 0.717) is 0 Å². The monoisotopic (exact) mass is 211 g/mol. The highest BCUT2D eigenvalue weighted by atomic mass is 16.5. The number of hydrogen-bond acceptors (Lipinski definition) is 4. The maximum absolute atomic E-state index is 11.2. The van der Waals surface area contributed by atoms with E-state index >= 15 is 0 Å². The fourth-order valence-electron chi connectivity index (χ4n) is 1.01. The molecule has 0 aliphatic heterocycles. The first-order chi connectivity index (χ1) is 6.99. The van der Waals surface area contributed by atoms with Gasteiger partial charge in [-0.3, -0.25) is 14.3 Å². The second kappa shape index (κ2) is 4.59. The van der Waals surface area contributed by atoms with Gasteiger partial charge in [-0.25, -0.2) is 0 Å². The van der Waals surface area contributed by atoms with Crippen LogP contribution in [0.4, 0.5) is 0 Å². The van der Waals surface area contributed by atoms with Crippen LogP contribution in [0.1, 0.15) is 24.3 Å². The molecule has 0 aliphatic rings. The van der Waals surface area contributed by atoms with Crippen LogP contribution in [0, 0.1) is 0 Å². The summed E-state index contributed by atoms with van der Waals surface area (Å²) in [7, 11) is 0. The van der Waals surface area contributed by atoms with Gasteiger partial charge in [0.15, 0.2) is 0 Å². The van der Waals surface area contributed by atoms with Gasteiger partial charge < -0.3 is 10.5 Å². The van der Waals surface area contributed by atoms with Crippen molar-refractivity contribution in [1.82, 2.24) is 9.78 Å². The summed E-state index contributed by atoms with van der Waals surface area (Å²) in [6, 6.07) is 1.45. The molecule has 82 valence electrons. The minimum atomic E-state index is -0.619. The first-order valence-electron chi connectivity index (χ1n) is 4.52. The van der Waals surface area contributed by atoms with E-state index < -0.39 is 11.9 Å². The van der Waals surface area contributed by atoms with Gasteiger partial charge >= 0.3 is 5.97 Å². The number of ether oxygens (including phenoxy) is 1. The second-order valence-corrected chi connectivity index (χ2v) is 3.30. The molecule has 0 unspecified atom stereocenters. The molecule has 2 N–H and O–H groups in total. The zero-order chi connectivity index (χ0) is 11.4. The molecule has 1 aromatic rings.